The fourth-order valence-electron chi connectivity index (χ4n) is 2.40. The predicted octanol–water partition coefficient (Wildman–Crippen LogP) is 3.65. The van der Waals surface area contributed by atoms with Crippen LogP contribution >= 0.6 is 15.9 Å². The van der Waals surface area contributed by atoms with Crippen molar-refractivity contribution in [3.63, 3.8) is 0 Å². The van der Waals surface area contributed by atoms with E-state index in [1.165, 1.54) is 6.92 Å². The van der Waals surface area contributed by atoms with Crippen molar-refractivity contribution in [1.82, 2.24) is 9.55 Å². The fraction of sp³-hybridized carbons (Fsp3) is 0.438. The first-order chi connectivity index (χ1) is 10.1. The fourth-order valence-corrected chi connectivity index (χ4v) is 2.90. The smallest absolute Gasteiger partial charge is 0.326 e. The number of rotatable bonds is 3. The third-order valence-corrected chi connectivity index (χ3v) is 3.50. The van der Waals surface area contributed by atoms with Crippen LogP contribution in [0.25, 0.3) is 10.9 Å². The number of ketones is 1. The number of halogens is 1. The minimum atomic E-state index is -0.542. The van der Waals surface area contributed by atoms with Crippen molar-refractivity contribution in [2.24, 2.45) is 0 Å². The number of aryl methyl sites for hydroxylation is 1. The highest BCUT2D eigenvalue weighted by Gasteiger charge is 2.20. The number of carbonyl (C=O) groups is 2. The first-order valence-corrected chi connectivity index (χ1v) is 7.76. The molecule has 0 N–H and O–H groups in total. The average molecular weight is 367 g/mol. The van der Waals surface area contributed by atoms with Crippen LogP contribution in [0.15, 0.2) is 16.9 Å². The van der Waals surface area contributed by atoms with Crippen LogP contribution in [0.2, 0.25) is 0 Å². The minimum Gasteiger partial charge on any atom is -0.459 e. The molecule has 6 heteroatoms. The first-order valence-electron chi connectivity index (χ1n) is 6.97. The zero-order valence-corrected chi connectivity index (χ0v) is 14.9. The molecule has 2 aromatic rings. The average Bonchev–Trinajstić information content (AvgIpc) is 2.65. The third-order valence-electron chi connectivity index (χ3n) is 3.10. The zero-order chi connectivity index (χ0) is 16.7. The molecule has 0 aliphatic rings. The normalized spacial score (nSPS) is 11.7. The van der Waals surface area contributed by atoms with Gasteiger partial charge in [0.25, 0.3) is 0 Å². The van der Waals surface area contributed by atoms with Crippen molar-refractivity contribution in [3.8, 4) is 0 Å². The Balaban J connectivity index is 2.51. The van der Waals surface area contributed by atoms with Crippen LogP contribution in [0.1, 0.15) is 43.7 Å². The molecule has 0 bridgehead atoms. The Hall–Kier alpha value is -1.69. The number of carbonyl (C=O) groups excluding carboxylic acids is 2. The number of nitrogens with zero attached hydrogens (tertiary/aromatic N) is 2. The number of hydrogen-bond acceptors (Lipinski definition) is 4. The third kappa shape index (κ3) is 3.55. The molecule has 0 aliphatic carbocycles. The largest absolute Gasteiger partial charge is 0.459 e. The van der Waals surface area contributed by atoms with Crippen LogP contribution < -0.4 is 0 Å². The quantitative estimate of drug-likeness (QED) is 0.472. The molecule has 2 aromatic heterocycles. The van der Waals surface area contributed by atoms with Gasteiger partial charge < -0.3 is 9.30 Å². The topological polar surface area (TPSA) is 61.2 Å². The molecular weight excluding hydrogens is 348 g/mol. The van der Waals surface area contributed by atoms with E-state index in [-0.39, 0.29) is 18.3 Å². The van der Waals surface area contributed by atoms with Gasteiger partial charge in [-0.1, -0.05) is 0 Å². The summed E-state index contributed by atoms with van der Waals surface area (Å²) in [6.45, 7) is 8.88. The summed E-state index contributed by atoms with van der Waals surface area (Å²) in [6.07, 6.45) is 1.69. The maximum absolute atomic E-state index is 12.1. The Kier molecular flexibility index (Phi) is 4.42. The molecule has 0 aliphatic heterocycles. The molecule has 0 spiro atoms. The van der Waals surface area contributed by atoms with E-state index < -0.39 is 5.60 Å². The number of esters is 1. The molecule has 2 rings (SSSR count). The molecule has 2 heterocycles. The van der Waals surface area contributed by atoms with E-state index in [9.17, 15) is 9.59 Å². The highest BCUT2D eigenvalue weighted by atomic mass is 79.9. The zero-order valence-electron chi connectivity index (χ0n) is 13.4. The summed E-state index contributed by atoms with van der Waals surface area (Å²) in [5, 5.41) is 0.787. The maximum atomic E-state index is 12.1. The summed E-state index contributed by atoms with van der Waals surface area (Å²) in [5.41, 5.74) is 1.56. The number of ether oxygens (including phenoxy) is 1. The van der Waals surface area contributed by atoms with Crippen molar-refractivity contribution in [2.75, 3.05) is 0 Å². The Morgan fingerprint density at radius 1 is 1.36 bits per heavy atom. The van der Waals surface area contributed by atoms with Gasteiger partial charge in [0.05, 0.1) is 11.2 Å². The van der Waals surface area contributed by atoms with Crippen molar-refractivity contribution in [2.45, 2.75) is 46.8 Å². The van der Waals surface area contributed by atoms with Gasteiger partial charge >= 0.3 is 5.97 Å². The van der Waals surface area contributed by atoms with Gasteiger partial charge in [0.15, 0.2) is 5.78 Å². The molecule has 22 heavy (non-hydrogen) atoms. The summed E-state index contributed by atoms with van der Waals surface area (Å²) < 4.78 is 7.74. The molecule has 0 saturated carbocycles. The molecule has 0 saturated heterocycles. The summed E-state index contributed by atoms with van der Waals surface area (Å²) in [5.74, 6) is -0.396. The Bertz CT molecular complexity index is 757. The van der Waals surface area contributed by atoms with Gasteiger partial charge in [-0.15, -0.1) is 0 Å². The number of aromatic nitrogens is 2. The van der Waals surface area contributed by atoms with E-state index in [2.05, 4.69) is 20.9 Å². The predicted molar refractivity (Wildman–Crippen MR) is 88.0 cm³/mol. The summed E-state index contributed by atoms with van der Waals surface area (Å²) in [4.78, 5) is 28.3. The lowest BCUT2D eigenvalue weighted by Crippen LogP contribution is -2.26. The monoisotopic (exact) mass is 366 g/mol. The van der Waals surface area contributed by atoms with Gasteiger partial charge in [-0.3, -0.25) is 9.59 Å². The molecular formula is C16H19BrN2O3. The minimum absolute atomic E-state index is 0.0468. The van der Waals surface area contributed by atoms with Gasteiger partial charge in [0, 0.05) is 17.1 Å². The second kappa shape index (κ2) is 5.83. The van der Waals surface area contributed by atoms with Crippen LogP contribution in [-0.2, 0) is 16.1 Å². The van der Waals surface area contributed by atoms with Crippen LogP contribution in [-0.4, -0.2) is 26.9 Å². The number of Topliss-reactive ketones (excluding diaryl/α,β-unsaturated/α-hetero) is 1. The lowest BCUT2D eigenvalue weighted by atomic mass is 10.1. The second-order valence-electron chi connectivity index (χ2n) is 6.24. The van der Waals surface area contributed by atoms with Gasteiger partial charge in [0.2, 0.25) is 0 Å². The SMILES string of the molecule is CC(=O)c1cn(CC(=O)OC(C)(C)C)c2c(C)nc(Br)cc12. The number of pyridine rings is 1. The highest BCUT2D eigenvalue weighted by Crippen LogP contribution is 2.27. The lowest BCUT2D eigenvalue weighted by molar-refractivity contribution is -0.155. The Morgan fingerprint density at radius 3 is 2.55 bits per heavy atom. The first kappa shape index (κ1) is 16.7. The molecule has 0 radical (unpaired) electrons. The van der Waals surface area contributed by atoms with Crippen molar-refractivity contribution < 1.29 is 14.3 Å². The van der Waals surface area contributed by atoms with Gasteiger partial charge in [0.1, 0.15) is 16.7 Å². The summed E-state index contributed by atoms with van der Waals surface area (Å²) >= 11 is 3.34. The van der Waals surface area contributed by atoms with Crippen LogP contribution in [0.3, 0.4) is 0 Å². The van der Waals surface area contributed by atoms with E-state index in [0.29, 0.717) is 10.2 Å². The number of fused-ring (bicyclic) bond motifs is 1. The Morgan fingerprint density at radius 2 is 2.00 bits per heavy atom. The Labute approximate surface area is 137 Å². The summed E-state index contributed by atoms with van der Waals surface area (Å²) in [7, 11) is 0. The van der Waals surface area contributed by atoms with Crippen LogP contribution in [0.5, 0.6) is 0 Å². The van der Waals surface area contributed by atoms with Crippen LogP contribution in [0.4, 0.5) is 0 Å². The second-order valence-corrected chi connectivity index (χ2v) is 7.05. The number of hydrogen-bond donors (Lipinski definition) is 0. The lowest BCUT2D eigenvalue weighted by Gasteiger charge is -2.19. The van der Waals surface area contributed by atoms with Gasteiger partial charge in [-0.05, 0) is 56.6 Å². The standard InChI is InChI=1S/C16H19BrN2O3/c1-9-15-11(6-13(17)18-9)12(10(2)20)7-19(15)8-14(21)22-16(3,4)5/h6-7H,8H2,1-5H3. The molecule has 0 fully saturated rings. The molecule has 0 aromatic carbocycles. The van der Waals surface area contributed by atoms with Crippen molar-refractivity contribution >= 4 is 38.6 Å². The highest BCUT2D eigenvalue weighted by molar-refractivity contribution is 9.10. The van der Waals surface area contributed by atoms with E-state index in [1.807, 2.05) is 27.7 Å². The van der Waals surface area contributed by atoms with E-state index >= 15 is 0 Å². The van der Waals surface area contributed by atoms with Gasteiger partial charge in [-0.2, -0.15) is 0 Å². The van der Waals surface area contributed by atoms with Crippen molar-refractivity contribution in [3.05, 3.63) is 28.1 Å². The summed E-state index contributed by atoms with van der Waals surface area (Å²) in [6, 6.07) is 1.80. The maximum Gasteiger partial charge on any atom is 0.326 e. The van der Waals surface area contributed by atoms with Crippen molar-refractivity contribution in [1.29, 1.82) is 0 Å². The van der Waals surface area contributed by atoms with Crippen LogP contribution in [0, 0.1) is 6.92 Å². The van der Waals surface area contributed by atoms with E-state index in [4.69, 9.17) is 4.74 Å². The molecule has 118 valence electrons. The molecule has 5 nitrogen and oxygen atoms in total. The molecule has 0 unspecified atom stereocenters. The molecule has 0 atom stereocenters. The van der Waals surface area contributed by atoms with Gasteiger partial charge in [-0.25, -0.2) is 4.98 Å². The molecule has 0 amide bonds. The van der Waals surface area contributed by atoms with E-state index in [0.717, 1.165) is 16.6 Å². The van der Waals surface area contributed by atoms with E-state index in [1.54, 1.807) is 16.8 Å².